The van der Waals surface area contributed by atoms with Crippen molar-refractivity contribution < 1.29 is 29.2 Å². The van der Waals surface area contributed by atoms with Crippen LogP contribution in [0.4, 0.5) is 0 Å². The second-order valence-electron chi connectivity index (χ2n) is 10.7. The second-order valence-corrected chi connectivity index (χ2v) is 10.7. The van der Waals surface area contributed by atoms with Crippen molar-refractivity contribution in [1.29, 1.82) is 0 Å². The molecule has 2 rings (SSSR count). The van der Waals surface area contributed by atoms with Crippen molar-refractivity contribution >= 4 is 5.97 Å². The summed E-state index contributed by atoms with van der Waals surface area (Å²) in [6.45, 7) is 12.4. The molecule has 0 amide bonds. The Kier molecular flexibility index (Phi) is 12.2. The van der Waals surface area contributed by atoms with E-state index in [1.165, 1.54) is 0 Å². The smallest absolute Gasteiger partial charge is 0.309 e. The van der Waals surface area contributed by atoms with Crippen molar-refractivity contribution in [3.8, 4) is 0 Å². The number of rotatable bonds is 9. The van der Waals surface area contributed by atoms with Crippen LogP contribution in [-0.2, 0) is 19.0 Å². The average Bonchev–Trinajstić information content (AvgIpc) is 3.61. The fourth-order valence-electron chi connectivity index (χ4n) is 5.01. The van der Waals surface area contributed by atoms with Gasteiger partial charge in [-0.05, 0) is 44.1 Å². The Balaban J connectivity index is 2.02. The summed E-state index contributed by atoms with van der Waals surface area (Å²) in [5, 5.41) is 21.0. The molecule has 35 heavy (non-hydrogen) atoms. The first kappa shape index (κ1) is 29.8. The molecule has 0 bridgehead atoms. The summed E-state index contributed by atoms with van der Waals surface area (Å²) in [4.78, 5) is 12.5. The van der Waals surface area contributed by atoms with Crippen LogP contribution in [0.25, 0.3) is 0 Å². The Morgan fingerprint density at radius 1 is 1.26 bits per heavy atom. The highest BCUT2D eigenvalue weighted by molar-refractivity contribution is 5.70. The third kappa shape index (κ3) is 9.16. The van der Waals surface area contributed by atoms with Crippen LogP contribution in [0.3, 0.4) is 0 Å². The van der Waals surface area contributed by atoms with E-state index in [0.717, 1.165) is 24.8 Å². The lowest BCUT2D eigenvalue weighted by Gasteiger charge is -2.25. The van der Waals surface area contributed by atoms with Crippen molar-refractivity contribution in [3.63, 3.8) is 0 Å². The maximum Gasteiger partial charge on any atom is 0.309 e. The lowest BCUT2D eigenvalue weighted by atomic mass is 9.91. The van der Waals surface area contributed by atoms with Gasteiger partial charge >= 0.3 is 5.97 Å². The van der Waals surface area contributed by atoms with E-state index in [1.807, 2.05) is 39.0 Å². The molecule has 0 radical (unpaired) electrons. The standard InChI is InChI=1S/C29H48O6/c1-8-24(33-7)22(6)28-29(35-28)26(32)19(3)12-10-14-21(5)27-20(4)13-9-11-18(2)15-16-23(30)17-25(31)34-27/h9-10,12-14,18-20,22-24,26-30,32H,8,11,15-17H2,1-7H3/b12-10+,13-9+,21-14+/t18-,19+,20+,22-,23-,24+,26+,27+,28-,29-/m1/s1. The molecule has 2 heterocycles. The summed E-state index contributed by atoms with van der Waals surface area (Å²) in [6.07, 6.45) is 11.8. The Labute approximate surface area is 212 Å². The molecule has 2 aliphatic rings. The molecule has 10 atom stereocenters. The third-order valence-electron chi connectivity index (χ3n) is 7.58. The Bertz CT molecular complexity index is 739. The van der Waals surface area contributed by atoms with Crippen LogP contribution >= 0.6 is 0 Å². The van der Waals surface area contributed by atoms with Crippen LogP contribution in [0.5, 0.6) is 0 Å². The second kappa shape index (κ2) is 14.3. The van der Waals surface area contributed by atoms with Gasteiger partial charge < -0.3 is 24.4 Å². The molecule has 0 spiro atoms. The van der Waals surface area contributed by atoms with Gasteiger partial charge in [0.25, 0.3) is 0 Å². The number of hydrogen-bond donors (Lipinski definition) is 2. The van der Waals surface area contributed by atoms with Gasteiger partial charge in [-0.25, -0.2) is 0 Å². The van der Waals surface area contributed by atoms with Gasteiger partial charge in [0.1, 0.15) is 12.2 Å². The fraction of sp³-hybridized carbons (Fsp3) is 0.759. The number of esters is 1. The summed E-state index contributed by atoms with van der Waals surface area (Å²) in [5.41, 5.74) is 0.924. The summed E-state index contributed by atoms with van der Waals surface area (Å²) >= 11 is 0. The first-order valence-corrected chi connectivity index (χ1v) is 13.3. The van der Waals surface area contributed by atoms with Gasteiger partial charge in [-0.15, -0.1) is 0 Å². The number of cyclic esters (lactones) is 1. The number of epoxide rings is 1. The zero-order valence-corrected chi connectivity index (χ0v) is 22.7. The molecule has 0 unspecified atom stereocenters. The van der Waals surface area contributed by atoms with E-state index in [-0.39, 0.29) is 48.5 Å². The van der Waals surface area contributed by atoms with Crippen LogP contribution in [0.15, 0.2) is 36.0 Å². The third-order valence-corrected chi connectivity index (χ3v) is 7.58. The van der Waals surface area contributed by atoms with Crippen molar-refractivity contribution in [3.05, 3.63) is 36.0 Å². The number of carbonyl (C=O) groups excluding carboxylic acids is 1. The van der Waals surface area contributed by atoms with Gasteiger partial charge in [-0.3, -0.25) is 4.79 Å². The molecule has 1 saturated heterocycles. The number of carbonyl (C=O) groups is 1. The zero-order valence-electron chi connectivity index (χ0n) is 22.7. The highest BCUT2D eigenvalue weighted by Crippen LogP contribution is 2.37. The van der Waals surface area contributed by atoms with Crippen molar-refractivity contribution in [2.75, 3.05) is 7.11 Å². The van der Waals surface area contributed by atoms with Crippen LogP contribution < -0.4 is 0 Å². The van der Waals surface area contributed by atoms with E-state index in [2.05, 4.69) is 32.9 Å². The van der Waals surface area contributed by atoms with Crippen molar-refractivity contribution in [1.82, 2.24) is 0 Å². The van der Waals surface area contributed by atoms with E-state index >= 15 is 0 Å². The molecule has 0 aromatic heterocycles. The van der Waals surface area contributed by atoms with E-state index in [0.29, 0.717) is 12.3 Å². The Morgan fingerprint density at radius 3 is 2.63 bits per heavy atom. The number of ether oxygens (including phenoxy) is 3. The Hall–Kier alpha value is -1.47. The van der Waals surface area contributed by atoms with Gasteiger partial charge in [0.05, 0.1) is 30.8 Å². The fourth-order valence-corrected chi connectivity index (χ4v) is 5.01. The first-order chi connectivity index (χ1) is 16.6. The van der Waals surface area contributed by atoms with Gasteiger partial charge in [0.15, 0.2) is 0 Å². The summed E-state index contributed by atoms with van der Waals surface area (Å²) in [7, 11) is 1.72. The molecule has 200 valence electrons. The molecule has 2 N–H and O–H groups in total. The molecular weight excluding hydrogens is 444 g/mol. The maximum atomic E-state index is 12.5. The molecular formula is C29H48O6. The topological polar surface area (TPSA) is 88.5 Å². The number of aliphatic hydroxyl groups is 2. The SMILES string of the molecule is CC[C@H](OC)[C@@H](C)[C@H]1O[C@@H]1[C@@H](O)[C@@H](C)/C=C/C=C(\C)[C@H]1OC(=O)C[C@H](O)CC[C@H](C)C/C=C/[C@@H]1C. The van der Waals surface area contributed by atoms with Crippen LogP contribution in [0, 0.1) is 23.7 Å². The zero-order chi connectivity index (χ0) is 26.1. The number of hydrogen-bond acceptors (Lipinski definition) is 6. The van der Waals surface area contributed by atoms with Crippen LogP contribution in [0.1, 0.15) is 73.6 Å². The number of aliphatic hydroxyl groups excluding tert-OH is 2. The maximum absolute atomic E-state index is 12.5. The van der Waals surface area contributed by atoms with E-state index in [1.54, 1.807) is 7.11 Å². The van der Waals surface area contributed by atoms with Crippen molar-refractivity contribution in [2.24, 2.45) is 23.7 Å². The monoisotopic (exact) mass is 492 g/mol. The largest absolute Gasteiger partial charge is 0.457 e. The Morgan fingerprint density at radius 2 is 1.97 bits per heavy atom. The molecule has 0 aliphatic carbocycles. The molecule has 6 heteroatoms. The highest BCUT2D eigenvalue weighted by atomic mass is 16.6. The predicted octanol–water partition coefficient (Wildman–Crippen LogP) is 4.99. The lowest BCUT2D eigenvalue weighted by Crippen LogP contribution is -2.30. The van der Waals surface area contributed by atoms with Crippen LogP contribution in [0.2, 0.25) is 0 Å². The molecule has 0 aromatic rings. The van der Waals surface area contributed by atoms with Crippen molar-refractivity contribution in [2.45, 2.75) is 110 Å². The number of allylic oxidation sites excluding steroid dienone is 3. The minimum absolute atomic E-state index is 0.0179. The van der Waals surface area contributed by atoms with Gasteiger partial charge in [-0.1, -0.05) is 65.0 Å². The molecule has 0 saturated carbocycles. The predicted molar refractivity (Wildman–Crippen MR) is 139 cm³/mol. The average molecular weight is 493 g/mol. The van der Waals surface area contributed by atoms with E-state index < -0.39 is 18.3 Å². The molecule has 0 aromatic carbocycles. The summed E-state index contributed by atoms with van der Waals surface area (Å²) in [6, 6.07) is 0. The number of methoxy groups -OCH3 is 1. The first-order valence-electron chi connectivity index (χ1n) is 13.3. The normalized spacial score (nSPS) is 35.3. The molecule has 6 nitrogen and oxygen atoms in total. The summed E-state index contributed by atoms with van der Waals surface area (Å²) in [5.74, 6) is 0.259. The lowest BCUT2D eigenvalue weighted by molar-refractivity contribution is -0.151. The van der Waals surface area contributed by atoms with Gasteiger partial charge in [0.2, 0.25) is 0 Å². The highest BCUT2D eigenvalue weighted by Gasteiger charge is 2.50. The van der Waals surface area contributed by atoms with Crippen LogP contribution in [-0.4, -0.2) is 59.9 Å². The molecule has 1 fully saturated rings. The quantitative estimate of drug-likeness (QED) is 0.204. The van der Waals surface area contributed by atoms with E-state index in [4.69, 9.17) is 14.2 Å². The minimum atomic E-state index is -0.663. The van der Waals surface area contributed by atoms with Gasteiger partial charge in [0, 0.05) is 24.9 Å². The van der Waals surface area contributed by atoms with E-state index in [9.17, 15) is 15.0 Å². The summed E-state index contributed by atoms with van der Waals surface area (Å²) < 4.78 is 17.1. The van der Waals surface area contributed by atoms with Gasteiger partial charge in [-0.2, -0.15) is 0 Å². The minimum Gasteiger partial charge on any atom is -0.457 e. The molecule has 2 aliphatic heterocycles.